The quantitative estimate of drug-likeness (QED) is 0.684. The van der Waals surface area contributed by atoms with Crippen molar-refractivity contribution in [2.45, 2.75) is 24.1 Å². The Bertz CT molecular complexity index is 483. The zero-order valence-electron chi connectivity index (χ0n) is 8.30. The molecule has 0 spiro atoms. The van der Waals surface area contributed by atoms with Gasteiger partial charge in [0.15, 0.2) is 0 Å². The molecular weight excluding hydrogens is 236 g/mol. The number of aliphatic hydroxyl groups excluding tert-OH is 1. The monoisotopic (exact) mass is 246 g/mol. The van der Waals surface area contributed by atoms with E-state index in [1.807, 2.05) is 0 Å². The number of ether oxygens (including phenoxy) is 1. The normalized spacial score (nSPS) is 29.5. The number of nitrogens with zero attached hydrogens (tertiary/aromatic N) is 1. The Hall–Kier alpha value is -1.11. The molecule has 1 saturated heterocycles. The molecule has 16 heavy (non-hydrogen) atoms. The van der Waals surface area contributed by atoms with E-state index in [-0.39, 0.29) is 12.0 Å². The second kappa shape index (κ2) is 4.40. The van der Waals surface area contributed by atoms with Crippen molar-refractivity contribution in [3.8, 4) is 0 Å². The van der Waals surface area contributed by atoms with Crippen LogP contribution in [-0.2, 0) is 4.74 Å². The lowest BCUT2D eigenvalue weighted by Crippen LogP contribution is -2.31. The van der Waals surface area contributed by atoms with Gasteiger partial charge in [-0.15, -0.1) is 11.6 Å². The molecule has 0 radical (unpaired) electrons. The Morgan fingerprint density at radius 2 is 2.38 bits per heavy atom. The summed E-state index contributed by atoms with van der Waals surface area (Å²) < 4.78 is 6.64. The van der Waals surface area contributed by atoms with E-state index in [1.165, 1.54) is 16.8 Å². The number of hydrogen-bond acceptors (Lipinski definition) is 4. The predicted molar refractivity (Wildman–Crippen MR) is 56.6 cm³/mol. The van der Waals surface area contributed by atoms with Crippen LogP contribution in [0.5, 0.6) is 0 Å². The van der Waals surface area contributed by atoms with Crippen LogP contribution in [0.4, 0.5) is 0 Å². The average molecular weight is 247 g/mol. The average Bonchev–Trinajstić information content (AvgIpc) is 2.59. The summed E-state index contributed by atoms with van der Waals surface area (Å²) in [6, 6.07) is 1.24. The molecule has 6 nitrogen and oxygen atoms in total. The summed E-state index contributed by atoms with van der Waals surface area (Å²) in [4.78, 5) is 24.4. The van der Waals surface area contributed by atoms with E-state index in [2.05, 4.69) is 4.98 Å². The highest BCUT2D eigenvalue weighted by Gasteiger charge is 2.34. The van der Waals surface area contributed by atoms with Crippen LogP contribution in [0.25, 0.3) is 0 Å². The minimum absolute atomic E-state index is 0.192. The summed E-state index contributed by atoms with van der Waals surface area (Å²) in [6.07, 6.45) is 0.753. The van der Waals surface area contributed by atoms with E-state index < -0.39 is 23.6 Å². The van der Waals surface area contributed by atoms with Crippen molar-refractivity contribution >= 4 is 11.6 Å². The van der Waals surface area contributed by atoms with Gasteiger partial charge in [0.1, 0.15) is 6.23 Å². The van der Waals surface area contributed by atoms with E-state index in [0.717, 1.165) is 0 Å². The minimum Gasteiger partial charge on any atom is -0.394 e. The van der Waals surface area contributed by atoms with Crippen LogP contribution in [0, 0.1) is 0 Å². The van der Waals surface area contributed by atoms with Crippen molar-refractivity contribution in [3.63, 3.8) is 0 Å². The van der Waals surface area contributed by atoms with Crippen molar-refractivity contribution < 1.29 is 9.84 Å². The Kier molecular flexibility index (Phi) is 3.13. The number of alkyl halides is 1. The molecule has 88 valence electrons. The fourth-order valence-electron chi connectivity index (χ4n) is 1.68. The molecule has 0 amide bonds. The molecule has 1 fully saturated rings. The molecule has 1 aliphatic heterocycles. The van der Waals surface area contributed by atoms with Crippen molar-refractivity contribution in [2.24, 2.45) is 0 Å². The molecule has 1 aromatic heterocycles. The third-order valence-electron chi connectivity index (χ3n) is 2.50. The van der Waals surface area contributed by atoms with Crippen LogP contribution in [0.2, 0.25) is 0 Å². The number of halogens is 1. The first-order valence-electron chi connectivity index (χ1n) is 4.83. The molecular formula is C9H11ClN2O4. The lowest BCUT2D eigenvalue weighted by Gasteiger charge is -2.13. The minimum atomic E-state index is -0.542. The maximum Gasteiger partial charge on any atom is 0.330 e. The van der Waals surface area contributed by atoms with Crippen LogP contribution in [0.15, 0.2) is 21.9 Å². The summed E-state index contributed by atoms with van der Waals surface area (Å²) in [6.45, 7) is -0.192. The zero-order valence-corrected chi connectivity index (χ0v) is 9.05. The third-order valence-corrected chi connectivity index (χ3v) is 2.96. The maximum atomic E-state index is 11.5. The molecule has 0 aliphatic carbocycles. The summed E-state index contributed by atoms with van der Waals surface area (Å²) >= 11 is 5.93. The standard InChI is InChI=1S/C9H11ClN2O4/c10-5-3-8(16-6(5)4-13)12-2-1-7(14)11-9(12)15/h1-2,5-6,8,13H,3-4H2,(H,11,14,15)/t5-,6+,8+/m0/s1. The highest BCUT2D eigenvalue weighted by Crippen LogP contribution is 2.30. The lowest BCUT2D eigenvalue weighted by molar-refractivity contribution is -0.0240. The van der Waals surface area contributed by atoms with Crippen molar-refractivity contribution in [1.29, 1.82) is 0 Å². The second-order valence-corrected chi connectivity index (χ2v) is 4.14. The van der Waals surface area contributed by atoms with Gasteiger partial charge >= 0.3 is 5.69 Å². The van der Waals surface area contributed by atoms with E-state index >= 15 is 0 Å². The third kappa shape index (κ3) is 2.04. The Morgan fingerprint density at radius 1 is 1.62 bits per heavy atom. The van der Waals surface area contributed by atoms with Crippen LogP contribution in [-0.4, -0.2) is 32.7 Å². The molecule has 7 heteroatoms. The molecule has 2 N–H and O–H groups in total. The Morgan fingerprint density at radius 3 is 2.94 bits per heavy atom. The van der Waals surface area contributed by atoms with E-state index in [9.17, 15) is 9.59 Å². The number of rotatable bonds is 2. The van der Waals surface area contributed by atoms with Crippen LogP contribution < -0.4 is 11.2 Å². The molecule has 0 bridgehead atoms. The zero-order chi connectivity index (χ0) is 11.7. The highest BCUT2D eigenvalue weighted by atomic mass is 35.5. The van der Waals surface area contributed by atoms with Crippen molar-refractivity contribution in [3.05, 3.63) is 33.1 Å². The first-order chi connectivity index (χ1) is 7.61. The van der Waals surface area contributed by atoms with Gasteiger partial charge in [-0.1, -0.05) is 0 Å². The number of H-pyrrole nitrogens is 1. The summed E-state index contributed by atoms with van der Waals surface area (Å²) in [5.74, 6) is 0. The van der Waals surface area contributed by atoms with Crippen molar-refractivity contribution in [2.75, 3.05) is 6.61 Å². The summed E-state index contributed by atoms with van der Waals surface area (Å²) in [7, 11) is 0. The molecule has 0 aromatic carbocycles. The van der Waals surface area contributed by atoms with Gasteiger partial charge in [0.2, 0.25) is 0 Å². The predicted octanol–water partition coefficient (Wildman–Crippen LogP) is -0.576. The number of aromatic amines is 1. The van der Waals surface area contributed by atoms with Gasteiger partial charge in [0.05, 0.1) is 18.1 Å². The van der Waals surface area contributed by atoms with Gasteiger partial charge in [-0.25, -0.2) is 4.79 Å². The fraction of sp³-hybridized carbons (Fsp3) is 0.556. The topological polar surface area (TPSA) is 84.3 Å². The number of aromatic nitrogens is 2. The second-order valence-electron chi connectivity index (χ2n) is 3.58. The Balaban J connectivity index is 2.27. The molecule has 2 rings (SSSR count). The van der Waals surface area contributed by atoms with E-state index in [0.29, 0.717) is 6.42 Å². The van der Waals surface area contributed by atoms with Crippen LogP contribution >= 0.6 is 11.6 Å². The molecule has 2 heterocycles. The summed E-state index contributed by atoms with van der Waals surface area (Å²) in [5, 5.41) is 8.62. The van der Waals surface area contributed by atoms with Gasteiger partial charge in [-0.05, 0) is 0 Å². The molecule has 0 unspecified atom stereocenters. The number of aliphatic hydroxyl groups is 1. The number of nitrogens with one attached hydrogen (secondary N) is 1. The van der Waals surface area contributed by atoms with Gasteiger partial charge in [-0.2, -0.15) is 0 Å². The molecule has 0 saturated carbocycles. The molecule has 1 aromatic rings. The van der Waals surface area contributed by atoms with Crippen LogP contribution in [0.3, 0.4) is 0 Å². The SMILES string of the molecule is O=c1ccn([C@H]2C[C@H](Cl)[C@@H](CO)O2)c(=O)[nH]1. The molecule has 1 aliphatic rings. The summed E-state index contributed by atoms with van der Waals surface area (Å²) in [5.41, 5.74) is -1.000. The van der Waals surface area contributed by atoms with Gasteiger partial charge in [0.25, 0.3) is 5.56 Å². The fourth-order valence-corrected chi connectivity index (χ4v) is 1.97. The van der Waals surface area contributed by atoms with E-state index in [4.69, 9.17) is 21.4 Å². The first kappa shape index (κ1) is 11.4. The van der Waals surface area contributed by atoms with Gasteiger partial charge in [-0.3, -0.25) is 14.3 Å². The largest absolute Gasteiger partial charge is 0.394 e. The van der Waals surface area contributed by atoms with Gasteiger partial charge < -0.3 is 9.84 Å². The Labute approximate surface area is 95.4 Å². The van der Waals surface area contributed by atoms with Crippen LogP contribution in [0.1, 0.15) is 12.6 Å². The lowest BCUT2D eigenvalue weighted by atomic mass is 10.2. The van der Waals surface area contributed by atoms with Crippen molar-refractivity contribution in [1.82, 2.24) is 9.55 Å². The maximum absolute atomic E-state index is 11.5. The highest BCUT2D eigenvalue weighted by molar-refractivity contribution is 6.21. The van der Waals surface area contributed by atoms with Gasteiger partial charge in [0, 0.05) is 18.7 Å². The smallest absolute Gasteiger partial charge is 0.330 e. The first-order valence-corrected chi connectivity index (χ1v) is 5.27. The van der Waals surface area contributed by atoms with E-state index in [1.54, 1.807) is 0 Å². The molecule has 3 atom stereocenters. The number of hydrogen-bond donors (Lipinski definition) is 2.